The third-order valence-corrected chi connectivity index (χ3v) is 4.42. The Kier molecular flexibility index (Phi) is 4.45. The molecule has 4 rings (SSSR count). The summed E-state index contributed by atoms with van der Waals surface area (Å²) in [5.74, 6) is 1.04. The number of nitrogens with one attached hydrogen (secondary N) is 1. The van der Waals surface area contributed by atoms with Gasteiger partial charge in [-0.2, -0.15) is 4.98 Å². The Balaban J connectivity index is 1.39. The number of carbonyl (C=O) groups is 1. The quantitative estimate of drug-likeness (QED) is 0.762. The van der Waals surface area contributed by atoms with E-state index in [2.05, 4.69) is 15.5 Å². The molecule has 7 nitrogen and oxygen atoms in total. The lowest BCUT2D eigenvalue weighted by atomic mass is 10.0. The Morgan fingerprint density at radius 1 is 1.22 bits per heavy atom. The predicted molar refractivity (Wildman–Crippen MR) is 96.0 cm³/mol. The number of para-hydroxylation sites is 2. The fourth-order valence-electron chi connectivity index (χ4n) is 2.90. The van der Waals surface area contributed by atoms with Crippen molar-refractivity contribution in [2.75, 3.05) is 25.5 Å². The van der Waals surface area contributed by atoms with Crippen molar-refractivity contribution in [2.45, 2.75) is 5.92 Å². The van der Waals surface area contributed by atoms with E-state index in [9.17, 15) is 9.18 Å². The minimum Gasteiger partial charge on any atom is -0.496 e. The first-order chi connectivity index (χ1) is 13.2. The van der Waals surface area contributed by atoms with Crippen LogP contribution in [0.15, 0.2) is 53.1 Å². The summed E-state index contributed by atoms with van der Waals surface area (Å²) in [4.78, 5) is 18.2. The Labute approximate surface area is 154 Å². The summed E-state index contributed by atoms with van der Waals surface area (Å²) in [6.45, 7) is 0.849. The monoisotopic (exact) mass is 368 g/mol. The number of urea groups is 1. The molecule has 1 fully saturated rings. The van der Waals surface area contributed by atoms with Crippen molar-refractivity contribution in [1.82, 2.24) is 15.0 Å². The number of methoxy groups -OCH3 is 1. The fraction of sp³-hybridized carbons (Fsp3) is 0.211. The summed E-state index contributed by atoms with van der Waals surface area (Å²) >= 11 is 0. The van der Waals surface area contributed by atoms with Gasteiger partial charge < -0.3 is 19.5 Å². The highest BCUT2D eigenvalue weighted by atomic mass is 19.1. The highest BCUT2D eigenvalue weighted by Crippen LogP contribution is 2.31. The van der Waals surface area contributed by atoms with E-state index in [1.54, 1.807) is 24.1 Å². The zero-order chi connectivity index (χ0) is 18.8. The first-order valence-corrected chi connectivity index (χ1v) is 8.43. The minimum atomic E-state index is -0.471. The number of nitrogens with zero attached hydrogens (tertiary/aromatic N) is 3. The lowest BCUT2D eigenvalue weighted by molar-refractivity contribution is 0.147. The van der Waals surface area contributed by atoms with Crippen molar-refractivity contribution >= 4 is 11.7 Å². The number of carbonyl (C=O) groups excluding carboxylic acids is 1. The van der Waals surface area contributed by atoms with Gasteiger partial charge in [-0.3, -0.25) is 0 Å². The summed E-state index contributed by atoms with van der Waals surface area (Å²) < 4.78 is 24.3. The molecule has 1 saturated heterocycles. The van der Waals surface area contributed by atoms with E-state index in [1.165, 1.54) is 12.1 Å². The van der Waals surface area contributed by atoms with Gasteiger partial charge in [-0.25, -0.2) is 9.18 Å². The van der Waals surface area contributed by atoms with Gasteiger partial charge in [0.05, 0.1) is 24.3 Å². The molecule has 0 unspecified atom stereocenters. The normalized spacial score (nSPS) is 13.9. The largest absolute Gasteiger partial charge is 0.496 e. The van der Waals surface area contributed by atoms with Gasteiger partial charge in [-0.15, -0.1) is 0 Å². The third kappa shape index (κ3) is 3.33. The molecule has 0 spiro atoms. The zero-order valence-electron chi connectivity index (χ0n) is 14.6. The van der Waals surface area contributed by atoms with E-state index in [0.29, 0.717) is 30.6 Å². The second-order valence-corrected chi connectivity index (χ2v) is 6.17. The van der Waals surface area contributed by atoms with Crippen LogP contribution in [0.25, 0.3) is 11.4 Å². The molecular formula is C19H17FN4O3. The zero-order valence-corrected chi connectivity index (χ0v) is 14.6. The molecule has 1 aliphatic rings. The fourth-order valence-corrected chi connectivity index (χ4v) is 2.90. The summed E-state index contributed by atoms with van der Waals surface area (Å²) in [6.07, 6.45) is 0. The SMILES string of the molecule is COc1ccccc1-c1noc(C2CN(C(=O)Nc3ccccc3F)C2)n1. The molecule has 1 aliphatic heterocycles. The number of aromatic nitrogens is 2. The van der Waals surface area contributed by atoms with Crippen molar-refractivity contribution in [3.8, 4) is 17.1 Å². The number of hydrogen-bond acceptors (Lipinski definition) is 5. The van der Waals surface area contributed by atoms with Crippen molar-refractivity contribution in [3.05, 3.63) is 60.2 Å². The first-order valence-electron chi connectivity index (χ1n) is 8.43. The van der Waals surface area contributed by atoms with Crippen LogP contribution in [0, 0.1) is 5.82 Å². The van der Waals surface area contributed by atoms with E-state index in [4.69, 9.17) is 9.26 Å². The highest BCUT2D eigenvalue weighted by Gasteiger charge is 2.36. The van der Waals surface area contributed by atoms with Gasteiger partial charge in [0.2, 0.25) is 11.7 Å². The number of rotatable bonds is 4. The Morgan fingerprint density at radius 3 is 2.74 bits per heavy atom. The van der Waals surface area contributed by atoms with Gasteiger partial charge in [0.15, 0.2) is 0 Å². The topological polar surface area (TPSA) is 80.5 Å². The number of likely N-dealkylation sites (tertiary alicyclic amines) is 1. The molecule has 27 heavy (non-hydrogen) atoms. The lowest BCUT2D eigenvalue weighted by Crippen LogP contribution is -2.50. The molecule has 0 radical (unpaired) electrons. The maximum Gasteiger partial charge on any atom is 0.321 e. The second kappa shape index (κ2) is 7.06. The summed E-state index contributed by atoms with van der Waals surface area (Å²) in [7, 11) is 1.58. The summed E-state index contributed by atoms with van der Waals surface area (Å²) in [5, 5.41) is 6.57. The van der Waals surface area contributed by atoms with Gasteiger partial charge in [0, 0.05) is 13.1 Å². The van der Waals surface area contributed by atoms with Gasteiger partial charge in [0.25, 0.3) is 0 Å². The van der Waals surface area contributed by atoms with Crippen molar-refractivity contribution in [1.29, 1.82) is 0 Å². The van der Waals surface area contributed by atoms with E-state index in [1.807, 2.05) is 24.3 Å². The molecule has 138 valence electrons. The molecule has 2 amide bonds. The van der Waals surface area contributed by atoms with Crippen molar-refractivity contribution < 1.29 is 18.4 Å². The number of hydrogen-bond donors (Lipinski definition) is 1. The summed E-state index contributed by atoms with van der Waals surface area (Å²) in [6, 6.07) is 13.1. The number of benzene rings is 2. The van der Waals surface area contributed by atoms with Crippen molar-refractivity contribution in [2.24, 2.45) is 0 Å². The number of ether oxygens (including phenoxy) is 1. The molecule has 2 aromatic carbocycles. The van der Waals surface area contributed by atoms with E-state index < -0.39 is 5.82 Å². The molecule has 2 heterocycles. The van der Waals surface area contributed by atoms with Crippen LogP contribution >= 0.6 is 0 Å². The van der Waals surface area contributed by atoms with Gasteiger partial charge in [0.1, 0.15) is 11.6 Å². The van der Waals surface area contributed by atoms with Crippen LogP contribution < -0.4 is 10.1 Å². The maximum atomic E-state index is 13.6. The van der Waals surface area contributed by atoms with Gasteiger partial charge in [-0.05, 0) is 24.3 Å². The maximum absolute atomic E-state index is 13.6. The number of amides is 2. The number of halogens is 1. The Hall–Kier alpha value is -3.42. The van der Waals surface area contributed by atoms with Crippen LogP contribution in [-0.4, -0.2) is 41.3 Å². The van der Waals surface area contributed by atoms with Crippen molar-refractivity contribution in [3.63, 3.8) is 0 Å². The van der Waals surface area contributed by atoms with E-state index in [0.717, 1.165) is 5.56 Å². The molecule has 8 heteroatoms. The Morgan fingerprint density at radius 2 is 1.96 bits per heavy atom. The minimum absolute atomic E-state index is 0.0488. The lowest BCUT2D eigenvalue weighted by Gasteiger charge is -2.36. The molecule has 0 aliphatic carbocycles. The molecule has 1 N–H and O–H groups in total. The molecule has 0 atom stereocenters. The van der Waals surface area contributed by atoms with Crippen LogP contribution in [0.2, 0.25) is 0 Å². The molecular weight excluding hydrogens is 351 g/mol. The summed E-state index contributed by atoms with van der Waals surface area (Å²) in [5.41, 5.74) is 0.894. The predicted octanol–water partition coefficient (Wildman–Crippen LogP) is 3.52. The van der Waals surface area contributed by atoms with Crippen LogP contribution in [0.5, 0.6) is 5.75 Å². The van der Waals surface area contributed by atoms with E-state index in [-0.39, 0.29) is 17.6 Å². The average molecular weight is 368 g/mol. The van der Waals surface area contributed by atoms with Crippen LogP contribution in [0.1, 0.15) is 11.8 Å². The van der Waals surface area contributed by atoms with Gasteiger partial charge >= 0.3 is 6.03 Å². The van der Waals surface area contributed by atoms with Crippen LogP contribution in [-0.2, 0) is 0 Å². The average Bonchev–Trinajstić information content (AvgIpc) is 3.12. The molecule has 0 saturated carbocycles. The van der Waals surface area contributed by atoms with Gasteiger partial charge in [-0.1, -0.05) is 29.4 Å². The number of anilines is 1. The molecule has 0 bridgehead atoms. The Bertz CT molecular complexity index is 969. The van der Waals surface area contributed by atoms with Crippen LogP contribution in [0.4, 0.5) is 14.9 Å². The second-order valence-electron chi connectivity index (χ2n) is 6.17. The first kappa shape index (κ1) is 17.0. The standard InChI is InChI=1S/C19H17FN4O3/c1-26-16-9-5-2-6-13(16)17-22-18(27-23-17)12-10-24(11-12)19(25)21-15-8-4-3-7-14(15)20/h2-9,12H,10-11H2,1H3,(H,21,25). The third-order valence-electron chi connectivity index (χ3n) is 4.42. The van der Waals surface area contributed by atoms with Crippen LogP contribution in [0.3, 0.4) is 0 Å². The highest BCUT2D eigenvalue weighted by molar-refractivity contribution is 5.90. The van der Waals surface area contributed by atoms with E-state index >= 15 is 0 Å². The molecule has 3 aromatic rings. The molecule has 1 aromatic heterocycles. The smallest absolute Gasteiger partial charge is 0.321 e.